The Bertz CT molecular complexity index is 2750. The Morgan fingerprint density at radius 2 is 0.671 bits per heavy atom. The summed E-state index contributed by atoms with van der Waals surface area (Å²) >= 11 is 0. The Morgan fingerprint density at radius 3 is 1.00 bits per heavy atom. The van der Waals surface area contributed by atoms with Crippen molar-refractivity contribution in [3.8, 4) is 45.3 Å². The van der Waals surface area contributed by atoms with Crippen molar-refractivity contribution in [1.29, 1.82) is 0 Å². The Balaban J connectivity index is 0.912. The summed E-state index contributed by atoms with van der Waals surface area (Å²) in [6.45, 7) is 9.78. The van der Waals surface area contributed by atoms with Crippen LogP contribution in [0.25, 0.3) is 22.3 Å². The van der Waals surface area contributed by atoms with Gasteiger partial charge in [-0.3, -0.25) is 0 Å². The highest BCUT2D eigenvalue weighted by molar-refractivity contribution is 5.92. The molecule has 2 heterocycles. The van der Waals surface area contributed by atoms with E-state index in [1.807, 2.05) is 86.6 Å². The third-order valence-corrected chi connectivity index (χ3v) is 15.7. The molecule has 6 aromatic rings. The van der Waals surface area contributed by atoms with Gasteiger partial charge >= 0.3 is 24.2 Å². The van der Waals surface area contributed by atoms with Crippen molar-refractivity contribution in [2.24, 2.45) is 0 Å². The van der Waals surface area contributed by atoms with Gasteiger partial charge in [0.15, 0.2) is 12.2 Å². The minimum absolute atomic E-state index is 0.403. The summed E-state index contributed by atoms with van der Waals surface area (Å²) in [5.74, 6) is 1.32. The van der Waals surface area contributed by atoms with E-state index in [2.05, 4.69) is 13.8 Å². The lowest BCUT2D eigenvalue weighted by atomic mass is 9.93. The molecule has 452 valence electrons. The molecule has 2 unspecified atom stereocenters. The van der Waals surface area contributed by atoms with Gasteiger partial charge in [0, 0.05) is 0 Å². The number of benzene rings is 6. The number of esters is 2. The van der Waals surface area contributed by atoms with Gasteiger partial charge in [-0.2, -0.15) is 0 Å². The van der Waals surface area contributed by atoms with Gasteiger partial charge in [-0.15, -0.1) is 0 Å². The highest BCUT2D eigenvalue weighted by atomic mass is 16.8. The standard InChI is InChI=1S/C72H86O13/c1-5-9-11-13-15-17-19-21-49-77-59-41-37-57(38-42-59)69(73)79-61-45-33-53(34-46-61)51-25-29-55(30-26-51)65(67-63(23-7-3)81-71(75)84-67)83-66(68-64(24-8-4)82-72(76)85-68)56-31-27-52(28-32-56)54-35-47-62(48-36-54)80-70(74)58-39-43-60(44-40-58)78-50-22-20-18-16-14-12-10-6-2/h25-48,63-68H,5-24,49-50H2,1-4H3/t63-,64-,65?,66?,67+,68+/m0/s1. The molecule has 0 aromatic heterocycles. The maximum Gasteiger partial charge on any atom is 0.509 e. The first-order valence-corrected chi connectivity index (χ1v) is 31.3. The van der Waals surface area contributed by atoms with E-state index in [0.29, 0.717) is 59.8 Å². The molecule has 85 heavy (non-hydrogen) atoms. The fraction of sp³-hybridized carbons (Fsp3) is 0.444. The zero-order chi connectivity index (χ0) is 59.6. The number of cyclic esters (lactones) is 4. The lowest BCUT2D eigenvalue weighted by molar-refractivity contribution is -0.123. The van der Waals surface area contributed by atoms with Crippen LogP contribution >= 0.6 is 0 Å². The maximum atomic E-state index is 13.2. The number of hydrogen-bond acceptors (Lipinski definition) is 13. The summed E-state index contributed by atoms with van der Waals surface area (Å²) in [5, 5.41) is 0. The number of rotatable bonds is 36. The quantitative estimate of drug-likeness (QED) is 0.0209. The normalized spacial score (nSPS) is 17.0. The average Bonchev–Trinajstić information content (AvgIpc) is 4.17. The molecule has 0 aliphatic carbocycles. The zero-order valence-corrected chi connectivity index (χ0v) is 50.2. The third kappa shape index (κ3) is 19.2. The first kappa shape index (κ1) is 63.4. The molecule has 2 fully saturated rings. The summed E-state index contributed by atoms with van der Waals surface area (Å²) in [5.41, 5.74) is 5.78. The predicted octanol–water partition coefficient (Wildman–Crippen LogP) is 18.7. The van der Waals surface area contributed by atoms with Crippen LogP contribution in [0.1, 0.15) is 200 Å². The molecule has 6 atom stereocenters. The molecule has 13 nitrogen and oxygen atoms in total. The van der Waals surface area contributed by atoms with Gasteiger partial charge in [-0.1, -0.05) is 203 Å². The van der Waals surface area contributed by atoms with Crippen molar-refractivity contribution < 1.29 is 61.8 Å². The summed E-state index contributed by atoms with van der Waals surface area (Å²) in [6.07, 6.45) is 16.0. The largest absolute Gasteiger partial charge is 0.509 e. The summed E-state index contributed by atoms with van der Waals surface area (Å²) in [6, 6.07) is 44.2. The lowest BCUT2D eigenvalue weighted by Gasteiger charge is -2.33. The fourth-order valence-electron chi connectivity index (χ4n) is 10.9. The molecule has 0 amide bonds. The van der Waals surface area contributed by atoms with E-state index in [9.17, 15) is 19.2 Å². The third-order valence-electron chi connectivity index (χ3n) is 15.7. The topological polar surface area (TPSA) is 151 Å². The van der Waals surface area contributed by atoms with Crippen LogP contribution in [0.4, 0.5) is 9.59 Å². The van der Waals surface area contributed by atoms with E-state index in [0.717, 1.165) is 72.3 Å². The molecule has 2 aliphatic rings. The number of hydrogen-bond donors (Lipinski definition) is 0. The summed E-state index contributed by atoms with van der Waals surface area (Å²) in [4.78, 5) is 52.2. The van der Waals surface area contributed by atoms with E-state index >= 15 is 0 Å². The average molecular weight is 1160 g/mol. The molecule has 2 aliphatic heterocycles. The first-order chi connectivity index (χ1) is 41.6. The van der Waals surface area contributed by atoms with E-state index in [4.69, 9.17) is 42.6 Å². The molecular formula is C72H86O13. The van der Waals surface area contributed by atoms with Crippen LogP contribution in [0.15, 0.2) is 146 Å². The second kappa shape index (κ2) is 33.7. The van der Waals surface area contributed by atoms with Crippen LogP contribution in [0, 0.1) is 0 Å². The van der Waals surface area contributed by atoms with Crippen molar-refractivity contribution in [3.63, 3.8) is 0 Å². The Labute approximate surface area is 503 Å². The number of ether oxygens (including phenoxy) is 9. The number of carbonyl (C=O) groups excluding carboxylic acids is 4. The summed E-state index contributed by atoms with van der Waals surface area (Å²) in [7, 11) is 0. The molecular weight excluding hydrogens is 1070 g/mol. The van der Waals surface area contributed by atoms with Crippen LogP contribution < -0.4 is 18.9 Å². The molecule has 0 N–H and O–H groups in total. The van der Waals surface area contributed by atoms with Crippen molar-refractivity contribution in [2.75, 3.05) is 13.2 Å². The molecule has 0 radical (unpaired) electrons. The van der Waals surface area contributed by atoms with Crippen molar-refractivity contribution in [2.45, 2.75) is 193 Å². The van der Waals surface area contributed by atoms with Crippen molar-refractivity contribution >= 4 is 24.2 Å². The Morgan fingerprint density at radius 1 is 0.365 bits per heavy atom. The van der Waals surface area contributed by atoms with Gasteiger partial charge < -0.3 is 42.6 Å². The van der Waals surface area contributed by atoms with Crippen LogP contribution in [0.5, 0.6) is 23.0 Å². The van der Waals surface area contributed by atoms with Crippen LogP contribution in [0.3, 0.4) is 0 Å². The number of carbonyl (C=O) groups is 4. The SMILES string of the molecule is CCCCCCCCCCOc1ccc(C(=O)Oc2ccc(-c3ccc(C(OC(c4ccc(-c5ccc(OC(=O)c6ccc(OCCCCCCCCCC)cc6)cc5)cc4)[C@@H]4OC(=O)O[C@H]4CCC)[C@@H]4OC(=O)O[C@H]4CCC)cc3)cc2)cc1. The minimum atomic E-state index is -0.869. The molecule has 6 aromatic carbocycles. The smallest absolute Gasteiger partial charge is 0.494 e. The molecule has 0 bridgehead atoms. The Kier molecular flexibility index (Phi) is 25.2. The minimum Gasteiger partial charge on any atom is -0.494 e. The zero-order valence-electron chi connectivity index (χ0n) is 50.2. The van der Waals surface area contributed by atoms with Gasteiger partial charge in [0.25, 0.3) is 0 Å². The van der Waals surface area contributed by atoms with E-state index in [1.165, 1.54) is 77.0 Å². The maximum absolute atomic E-state index is 13.2. The van der Waals surface area contributed by atoms with E-state index < -0.39 is 60.9 Å². The van der Waals surface area contributed by atoms with Gasteiger partial charge in [-0.05, 0) is 132 Å². The molecule has 2 saturated heterocycles. The monoisotopic (exact) mass is 1160 g/mol. The summed E-state index contributed by atoms with van der Waals surface area (Å²) < 4.78 is 53.9. The van der Waals surface area contributed by atoms with Crippen LogP contribution in [-0.4, -0.2) is 61.9 Å². The van der Waals surface area contributed by atoms with E-state index in [1.54, 1.807) is 72.8 Å². The Hall–Kier alpha value is -7.64. The second-order valence-corrected chi connectivity index (χ2v) is 22.3. The predicted molar refractivity (Wildman–Crippen MR) is 329 cm³/mol. The molecule has 0 spiro atoms. The van der Waals surface area contributed by atoms with Crippen LogP contribution in [0.2, 0.25) is 0 Å². The highest BCUT2D eigenvalue weighted by Gasteiger charge is 2.48. The fourth-order valence-corrected chi connectivity index (χ4v) is 10.9. The van der Waals surface area contributed by atoms with E-state index in [-0.39, 0.29) is 0 Å². The number of unbranched alkanes of at least 4 members (excludes halogenated alkanes) is 14. The van der Waals surface area contributed by atoms with Crippen molar-refractivity contribution in [1.82, 2.24) is 0 Å². The van der Waals surface area contributed by atoms with Gasteiger partial charge in [0.2, 0.25) is 0 Å². The second-order valence-electron chi connectivity index (χ2n) is 22.3. The highest BCUT2D eigenvalue weighted by Crippen LogP contribution is 2.42. The molecule has 13 heteroatoms. The lowest BCUT2D eigenvalue weighted by Crippen LogP contribution is -2.37. The van der Waals surface area contributed by atoms with Gasteiger partial charge in [-0.25, -0.2) is 19.2 Å². The first-order valence-electron chi connectivity index (χ1n) is 31.3. The molecule has 8 rings (SSSR count). The van der Waals surface area contributed by atoms with Gasteiger partial charge in [0.05, 0.1) is 24.3 Å². The van der Waals surface area contributed by atoms with Crippen molar-refractivity contribution in [3.05, 3.63) is 168 Å². The van der Waals surface area contributed by atoms with Gasteiger partial charge in [0.1, 0.15) is 47.4 Å². The molecule has 0 saturated carbocycles. The van der Waals surface area contributed by atoms with Crippen LogP contribution in [-0.2, 0) is 23.7 Å².